The molecule has 1 aliphatic rings. The third-order valence-electron chi connectivity index (χ3n) is 3.64. The minimum atomic E-state index is -1.09. The summed E-state index contributed by atoms with van der Waals surface area (Å²) in [6.07, 6.45) is -0.115. The van der Waals surface area contributed by atoms with E-state index < -0.39 is 28.4 Å². The van der Waals surface area contributed by atoms with E-state index in [2.05, 4.69) is 0 Å². The standard InChI is InChI=1S/C13H15FN2O5/c1-7-3-10(11(16(19)20)5-9(7)14)15-6-8(21-2)4-12(15)13(17)18/h3,5,8,12H,4,6H2,1-2H3,(H,17,18). The number of nitro groups is 1. The summed E-state index contributed by atoms with van der Waals surface area (Å²) in [6.45, 7) is 1.68. The fourth-order valence-corrected chi connectivity index (χ4v) is 2.50. The molecule has 1 aliphatic heterocycles. The second kappa shape index (κ2) is 5.65. The largest absolute Gasteiger partial charge is 0.480 e. The molecular formula is C13H15FN2O5. The zero-order chi connectivity index (χ0) is 15.7. The lowest BCUT2D eigenvalue weighted by molar-refractivity contribution is -0.384. The minimum Gasteiger partial charge on any atom is -0.480 e. The average molecular weight is 298 g/mol. The third kappa shape index (κ3) is 2.80. The van der Waals surface area contributed by atoms with Crippen molar-refractivity contribution in [3.05, 3.63) is 33.6 Å². The molecule has 0 saturated carbocycles. The topological polar surface area (TPSA) is 92.9 Å². The SMILES string of the molecule is COC1CC(C(=O)O)N(c2cc(C)c(F)cc2[N+](=O)[O-])C1. The van der Waals surface area contributed by atoms with Gasteiger partial charge in [0.25, 0.3) is 5.69 Å². The predicted molar refractivity (Wildman–Crippen MR) is 72.0 cm³/mol. The van der Waals surface area contributed by atoms with Crippen LogP contribution in [0.2, 0.25) is 0 Å². The van der Waals surface area contributed by atoms with Crippen LogP contribution in [-0.2, 0) is 9.53 Å². The number of ether oxygens (including phenoxy) is 1. The van der Waals surface area contributed by atoms with E-state index in [9.17, 15) is 24.4 Å². The maximum atomic E-state index is 13.5. The summed E-state index contributed by atoms with van der Waals surface area (Å²) in [6, 6.07) is 1.20. The predicted octanol–water partition coefficient (Wildman–Crippen LogP) is 1.72. The molecule has 1 saturated heterocycles. The number of carboxylic acids is 1. The first-order valence-corrected chi connectivity index (χ1v) is 6.32. The van der Waals surface area contributed by atoms with Crippen molar-refractivity contribution in [3.8, 4) is 0 Å². The van der Waals surface area contributed by atoms with E-state index in [1.54, 1.807) is 0 Å². The Morgan fingerprint density at radius 2 is 2.24 bits per heavy atom. The van der Waals surface area contributed by atoms with Crippen LogP contribution in [0.25, 0.3) is 0 Å². The third-order valence-corrected chi connectivity index (χ3v) is 3.64. The van der Waals surface area contributed by atoms with Gasteiger partial charge in [-0.05, 0) is 18.6 Å². The number of hydrogen-bond acceptors (Lipinski definition) is 5. The lowest BCUT2D eigenvalue weighted by Gasteiger charge is -2.23. The molecule has 21 heavy (non-hydrogen) atoms. The Labute approximate surface area is 120 Å². The summed E-state index contributed by atoms with van der Waals surface area (Å²) in [5.74, 6) is -1.79. The molecule has 1 aromatic carbocycles. The number of nitro benzene ring substituents is 1. The molecule has 0 amide bonds. The van der Waals surface area contributed by atoms with Crippen molar-refractivity contribution in [2.45, 2.75) is 25.5 Å². The normalized spacial score (nSPS) is 21.6. The number of carboxylic acid groups (broad SMARTS) is 1. The molecule has 2 unspecified atom stereocenters. The van der Waals surface area contributed by atoms with Gasteiger partial charge in [0, 0.05) is 20.1 Å². The van der Waals surface area contributed by atoms with Crippen LogP contribution >= 0.6 is 0 Å². The number of halogens is 1. The fraction of sp³-hybridized carbons (Fsp3) is 0.462. The highest BCUT2D eigenvalue weighted by atomic mass is 19.1. The monoisotopic (exact) mass is 298 g/mol. The van der Waals surface area contributed by atoms with Crippen molar-refractivity contribution >= 4 is 17.3 Å². The van der Waals surface area contributed by atoms with Gasteiger partial charge >= 0.3 is 5.97 Å². The zero-order valence-corrected chi connectivity index (χ0v) is 11.6. The van der Waals surface area contributed by atoms with Crippen molar-refractivity contribution in [2.24, 2.45) is 0 Å². The highest BCUT2D eigenvalue weighted by Crippen LogP contribution is 2.36. The summed E-state index contributed by atoms with van der Waals surface area (Å²) in [5, 5.41) is 20.4. The first-order chi connectivity index (χ1) is 9.85. The summed E-state index contributed by atoms with van der Waals surface area (Å²) in [5.41, 5.74) is -0.118. The molecule has 1 heterocycles. The first-order valence-electron chi connectivity index (χ1n) is 6.32. The van der Waals surface area contributed by atoms with Gasteiger partial charge in [-0.1, -0.05) is 0 Å². The summed E-state index contributed by atoms with van der Waals surface area (Å²) < 4.78 is 18.7. The smallest absolute Gasteiger partial charge is 0.326 e. The molecule has 1 aromatic rings. The highest BCUT2D eigenvalue weighted by Gasteiger charge is 2.40. The Balaban J connectivity index is 2.51. The number of benzene rings is 1. The number of anilines is 1. The number of methoxy groups -OCH3 is 1. The Bertz CT molecular complexity index is 592. The molecule has 0 spiro atoms. The van der Waals surface area contributed by atoms with Gasteiger partial charge in [-0.15, -0.1) is 0 Å². The van der Waals surface area contributed by atoms with Crippen LogP contribution in [0.5, 0.6) is 0 Å². The highest BCUT2D eigenvalue weighted by molar-refractivity contribution is 5.81. The Morgan fingerprint density at radius 1 is 1.57 bits per heavy atom. The van der Waals surface area contributed by atoms with Crippen molar-refractivity contribution in [2.75, 3.05) is 18.6 Å². The molecule has 0 radical (unpaired) electrons. The van der Waals surface area contributed by atoms with E-state index in [1.165, 1.54) is 25.0 Å². The summed E-state index contributed by atoms with van der Waals surface area (Å²) in [7, 11) is 1.46. The number of aryl methyl sites for hydroxylation is 1. The van der Waals surface area contributed by atoms with E-state index in [0.29, 0.717) is 0 Å². The molecule has 2 atom stereocenters. The van der Waals surface area contributed by atoms with Gasteiger partial charge in [0.2, 0.25) is 0 Å². The van der Waals surface area contributed by atoms with Crippen LogP contribution in [0.1, 0.15) is 12.0 Å². The van der Waals surface area contributed by atoms with Crippen LogP contribution in [-0.4, -0.2) is 41.8 Å². The molecule has 8 heteroatoms. The zero-order valence-electron chi connectivity index (χ0n) is 11.6. The maximum absolute atomic E-state index is 13.5. The van der Waals surface area contributed by atoms with Crippen molar-refractivity contribution in [1.82, 2.24) is 0 Å². The number of nitrogens with zero attached hydrogens (tertiary/aromatic N) is 2. The average Bonchev–Trinajstić information content (AvgIpc) is 2.85. The van der Waals surface area contributed by atoms with Crippen molar-refractivity contribution in [1.29, 1.82) is 0 Å². The Morgan fingerprint density at radius 3 is 2.76 bits per heavy atom. The lowest BCUT2D eigenvalue weighted by Crippen LogP contribution is -2.36. The van der Waals surface area contributed by atoms with E-state index in [0.717, 1.165) is 6.07 Å². The van der Waals surface area contributed by atoms with Gasteiger partial charge in [-0.2, -0.15) is 0 Å². The molecule has 0 bridgehead atoms. The number of rotatable bonds is 4. The molecule has 7 nitrogen and oxygen atoms in total. The van der Waals surface area contributed by atoms with E-state index in [-0.39, 0.29) is 30.3 Å². The van der Waals surface area contributed by atoms with Gasteiger partial charge in [0.05, 0.1) is 17.1 Å². The number of carbonyl (C=O) groups is 1. The van der Waals surface area contributed by atoms with Gasteiger partial charge in [0.1, 0.15) is 17.5 Å². The second-order valence-electron chi connectivity index (χ2n) is 4.95. The Hall–Kier alpha value is -2.22. The fourth-order valence-electron chi connectivity index (χ4n) is 2.50. The van der Waals surface area contributed by atoms with Crippen LogP contribution < -0.4 is 4.90 Å². The molecule has 0 aromatic heterocycles. The summed E-state index contributed by atoms with van der Waals surface area (Å²) >= 11 is 0. The minimum absolute atomic E-state index is 0.103. The Kier molecular flexibility index (Phi) is 4.08. The molecule has 2 rings (SSSR count). The van der Waals surface area contributed by atoms with Crippen LogP contribution in [0.4, 0.5) is 15.8 Å². The lowest BCUT2D eigenvalue weighted by atomic mass is 10.1. The van der Waals surface area contributed by atoms with E-state index >= 15 is 0 Å². The van der Waals surface area contributed by atoms with E-state index in [1.807, 2.05) is 0 Å². The van der Waals surface area contributed by atoms with Crippen LogP contribution in [0.3, 0.4) is 0 Å². The molecule has 0 aliphatic carbocycles. The first kappa shape index (κ1) is 15.2. The molecular weight excluding hydrogens is 283 g/mol. The quantitative estimate of drug-likeness (QED) is 0.672. The molecule has 114 valence electrons. The molecule has 1 fully saturated rings. The second-order valence-corrected chi connectivity index (χ2v) is 4.95. The molecule has 1 N–H and O–H groups in total. The van der Waals surface area contributed by atoms with Gasteiger partial charge in [-0.3, -0.25) is 10.1 Å². The van der Waals surface area contributed by atoms with Gasteiger partial charge < -0.3 is 14.7 Å². The van der Waals surface area contributed by atoms with Gasteiger partial charge in [-0.25, -0.2) is 9.18 Å². The number of hydrogen-bond donors (Lipinski definition) is 1. The number of aliphatic carboxylic acids is 1. The van der Waals surface area contributed by atoms with Crippen molar-refractivity contribution in [3.63, 3.8) is 0 Å². The van der Waals surface area contributed by atoms with Crippen LogP contribution in [0.15, 0.2) is 12.1 Å². The van der Waals surface area contributed by atoms with Crippen molar-refractivity contribution < 1.29 is 24.0 Å². The van der Waals surface area contributed by atoms with E-state index in [4.69, 9.17) is 4.74 Å². The van der Waals surface area contributed by atoms with Crippen LogP contribution in [0, 0.1) is 22.9 Å². The summed E-state index contributed by atoms with van der Waals surface area (Å²) in [4.78, 5) is 23.1. The van der Waals surface area contributed by atoms with Gasteiger partial charge in [0.15, 0.2) is 0 Å². The maximum Gasteiger partial charge on any atom is 0.326 e.